The van der Waals surface area contributed by atoms with Crippen LogP contribution < -0.4 is 5.32 Å². The van der Waals surface area contributed by atoms with E-state index in [4.69, 9.17) is 0 Å². The standard InChI is InChI=1S/C18H21N3OS/c1-12(22)13-5-6-14(10-19)15(9-13)20-8-7-17-21-16(11-23-17)18(2,3)4/h5-6,9,11,20H,7-8H2,1-4H3. The van der Waals surface area contributed by atoms with Crippen molar-refractivity contribution in [2.75, 3.05) is 11.9 Å². The van der Waals surface area contributed by atoms with E-state index >= 15 is 0 Å². The normalized spacial score (nSPS) is 11.1. The maximum atomic E-state index is 11.5. The van der Waals surface area contributed by atoms with Gasteiger partial charge in [0.1, 0.15) is 6.07 Å². The van der Waals surface area contributed by atoms with Gasteiger partial charge in [0.15, 0.2) is 5.78 Å². The zero-order chi connectivity index (χ0) is 17.0. The van der Waals surface area contributed by atoms with Crippen molar-refractivity contribution in [3.8, 4) is 6.07 Å². The Kier molecular flexibility index (Phi) is 5.17. The van der Waals surface area contributed by atoms with Crippen LogP contribution in [0.1, 0.15) is 54.3 Å². The number of hydrogen-bond acceptors (Lipinski definition) is 5. The molecule has 0 fully saturated rings. The molecule has 0 atom stereocenters. The van der Waals surface area contributed by atoms with Crippen LogP contribution >= 0.6 is 11.3 Å². The summed E-state index contributed by atoms with van der Waals surface area (Å²) in [5.74, 6) is -0.00715. The summed E-state index contributed by atoms with van der Waals surface area (Å²) in [6.45, 7) is 8.64. The Bertz CT molecular complexity index is 750. The van der Waals surface area contributed by atoms with Gasteiger partial charge in [-0.2, -0.15) is 5.26 Å². The van der Waals surface area contributed by atoms with Gasteiger partial charge in [0.25, 0.3) is 0 Å². The molecule has 0 aliphatic rings. The number of carbonyl (C=O) groups excluding carboxylic acids is 1. The van der Waals surface area contributed by atoms with Gasteiger partial charge in [0, 0.05) is 29.3 Å². The Morgan fingerprint density at radius 1 is 1.39 bits per heavy atom. The molecule has 0 aliphatic carbocycles. The Hall–Kier alpha value is -2.19. The lowest BCUT2D eigenvalue weighted by molar-refractivity contribution is 0.101. The summed E-state index contributed by atoms with van der Waals surface area (Å²) in [5.41, 5.74) is 3.02. The first-order valence-electron chi connectivity index (χ1n) is 7.55. The van der Waals surface area contributed by atoms with Gasteiger partial charge in [-0.1, -0.05) is 20.8 Å². The van der Waals surface area contributed by atoms with E-state index in [9.17, 15) is 10.1 Å². The molecule has 23 heavy (non-hydrogen) atoms. The van der Waals surface area contributed by atoms with Crippen molar-refractivity contribution >= 4 is 22.8 Å². The van der Waals surface area contributed by atoms with E-state index in [1.54, 1.807) is 29.5 Å². The fourth-order valence-electron chi connectivity index (χ4n) is 2.08. The summed E-state index contributed by atoms with van der Waals surface area (Å²) in [6.07, 6.45) is 0.788. The first kappa shape index (κ1) is 17.2. The first-order chi connectivity index (χ1) is 10.8. The third-order valence-electron chi connectivity index (χ3n) is 3.52. The number of Topliss-reactive ketones (excluding diaryl/α,β-unsaturated/α-hetero) is 1. The van der Waals surface area contributed by atoms with Crippen molar-refractivity contribution in [2.45, 2.75) is 39.5 Å². The maximum Gasteiger partial charge on any atom is 0.159 e. The summed E-state index contributed by atoms with van der Waals surface area (Å²) in [7, 11) is 0. The number of hydrogen-bond donors (Lipinski definition) is 1. The third kappa shape index (κ3) is 4.40. The molecule has 0 saturated heterocycles. The number of rotatable bonds is 5. The van der Waals surface area contributed by atoms with E-state index < -0.39 is 0 Å². The molecule has 0 unspecified atom stereocenters. The van der Waals surface area contributed by atoms with Crippen molar-refractivity contribution < 1.29 is 4.79 Å². The third-order valence-corrected chi connectivity index (χ3v) is 4.43. The Morgan fingerprint density at radius 2 is 2.13 bits per heavy atom. The topological polar surface area (TPSA) is 65.8 Å². The number of nitrogens with one attached hydrogen (secondary N) is 1. The predicted molar refractivity (Wildman–Crippen MR) is 94.2 cm³/mol. The second-order valence-corrected chi connectivity index (χ2v) is 7.42. The van der Waals surface area contributed by atoms with Crippen molar-refractivity contribution in [1.29, 1.82) is 5.26 Å². The highest BCUT2D eigenvalue weighted by Gasteiger charge is 2.17. The highest BCUT2D eigenvalue weighted by Crippen LogP contribution is 2.24. The Morgan fingerprint density at radius 3 is 2.70 bits per heavy atom. The minimum atomic E-state index is -0.00715. The molecule has 1 heterocycles. The van der Waals surface area contributed by atoms with Crippen LogP contribution in [0, 0.1) is 11.3 Å². The SMILES string of the molecule is CC(=O)c1ccc(C#N)c(NCCc2nc(C(C)(C)C)cs2)c1. The zero-order valence-corrected chi connectivity index (χ0v) is 14.8. The number of benzene rings is 1. The average molecular weight is 327 g/mol. The van der Waals surface area contributed by atoms with E-state index in [0.717, 1.165) is 17.1 Å². The van der Waals surface area contributed by atoms with E-state index in [1.165, 1.54) is 6.92 Å². The van der Waals surface area contributed by atoms with Crippen LogP contribution in [0.4, 0.5) is 5.69 Å². The molecule has 1 aromatic carbocycles. The molecule has 2 rings (SSSR count). The maximum absolute atomic E-state index is 11.5. The first-order valence-corrected chi connectivity index (χ1v) is 8.43. The van der Waals surface area contributed by atoms with Gasteiger partial charge in [-0.15, -0.1) is 11.3 Å². The number of thiazole rings is 1. The minimum absolute atomic E-state index is 0.00715. The van der Waals surface area contributed by atoms with Crippen molar-refractivity contribution in [2.24, 2.45) is 0 Å². The number of carbonyl (C=O) groups is 1. The van der Waals surface area contributed by atoms with Crippen molar-refractivity contribution in [3.63, 3.8) is 0 Å². The van der Waals surface area contributed by atoms with E-state index in [2.05, 4.69) is 42.5 Å². The van der Waals surface area contributed by atoms with Crippen LogP contribution in [-0.4, -0.2) is 17.3 Å². The van der Waals surface area contributed by atoms with Gasteiger partial charge < -0.3 is 5.32 Å². The van der Waals surface area contributed by atoms with Crippen molar-refractivity contribution in [1.82, 2.24) is 4.98 Å². The molecule has 1 N–H and O–H groups in total. The van der Waals surface area contributed by atoms with Crippen LogP contribution in [-0.2, 0) is 11.8 Å². The second kappa shape index (κ2) is 6.93. The molecular weight excluding hydrogens is 306 g/mol. The highest BCUT2D eigenvalue weighted by molar-refractivity contribution is 7.09. The highest BCUT2D eigenvalue weighted by atomic mass is 32.1. The molecular formula is C18H21N3OS. The fraction of sp³-hybridized carbons (Fsp3) is 0.389. The smallest absolute Gasteiger partial charge is 0.159 e. The van der Waals surface area contributed by atoms with Crippen LogP contribution in [0.3, 0.4) is 0 Å². The summed E-state index contributed by atoms with van der Waals surface area (Å²) >= 11 is 1.66. The summed E-state index contributed by atoms with van der Waals surface area (Å²) in [4.78, 5) is 16.1. The molecule has 0 aliphatic heterocycles. The number of aromatic nitrogens is 1. The number of nitrogens with zero attached hydrogens (tertiary/aromatic N) is 2. The largest absolute Gasteiger partial charge is 0.384 e. The van der Waals surface area contributed by atoms with Gasteiger partial charge in [-0.3, -0.25) is 4.79 Å². The second-order valence-electron chi connectivity index (χ2n) is 6.48. The van der Waals surface area contributed by atoms with Gasteiger partial charge >= 0.3 is 0 Å². The molecule has 4 nitrogen and oxygen atoms in total. The van der Waals surface area contributed by atoms with E-state index in [1.807, 2.05) is 0 Å². The quantitative estimate of drug-likeness (QED) is 0.837. The molecule has 0 radical (unpaired) electrons. The lowest BCUT2D eigenvalue weighted by atomic mass is 9.93. The fourth-order valence-corrected chi connectivity index (χ4v) is 3.11. The van der Waals surface area contributed by atoms with Crippen molar-refractivity contribution in [3.05, 3.63) is 45.4 Å². The zero-order valence-electron chi connectivity index (χ0n) is 13.9. The monoisotopic (exact) mass is 327 g/mol. The molecule has 2 aromatic rings. The van der Waals surface area contributed by atoms with Gasteiger partial charge in [-0.05, 0) is 25.1 Å². The summed E-state index contributed by atoms with van der Waals surface area (Å²) in [5, 5.41) is 15.6. The molecule has 0 saturated carbocycles. The lowest BCUT2D eigenvalue weighted by Crippen LogP contribution is -2.12. The van der Waals surface area contributed by atoms with Crippen LogP contribution in [0.25, 0.3) is 0 Å². The van der Waals surface area contributed by atoms with Gasteiger partial charge in [0.2, 0.25) is 0 Å². The predicted octanol–water partition coefficient (Wildman–Crippen LogP) is 4.17. The average Bonchev–Trinajstić information content (AvgIpc) is 2.96. The molecule has 0 spiro atoms. The Balaban J connectivity index is 2.04. The lowest BCUT2D eigenvalue weighted by Gasteiger charge is -2.14. The molecule has 1 aromatic heterocycles. The minimum Gasteiger partial charge on any atom is -0.384 e. The van der Waals surface area contributed by atoms with E-state index in [-0.39, 0.29) is 11.2 Å². The number of ketones is 1. The van der Waals surface area contributed by atoms with Crippen LogP contribution in [0.15, 0.2) is 23.6 Å². The molecule has 120 valence electrons. The summed E-state index contributed by atoms with van der Waals surface area (Å²) < 4.78 is 0. The molecule has 0 amide bonds. The van der Waals surface area contributed by atoms with Crippen LogP contribution in [0.5, 0.6) is 0 Å². The van der Waals surface area contributed by atoms with Crippen LogP contribution in [0.2, 0.25) is 0 Å². The van der Waals surface area contributed by atoms with E-state index in [0.29, 0.717) is 23.4 Å². The van der Waals surface area contributed by atoms with Gasteiger partial charge in [0.05, 0.1) is 22.0 Å². The van der Waals surface area contributed by atoms with Gasteiger partial charge in [-0.25, -0.2) is 4.98 Å². The summed E-state index contributed by atoms with van der Waals surface area (Å²) in [6, 6.07) is 7.25. The number of nitriles is 1. The Labute approximate surface area is 141 Å². The molecule has 5 heteroatoms. The number of anilines is 1. The molecule has 0 bridgehead atoms.